The van der Waals surface area contributed by atoms with Crippen LogP contribution in [0.4, 0.5) is 0 Å². The highest BCUT2D eigenvalue weighted by molar-refractivity contribution is 4.92. The van der Waals surface area contributed by atoms with Gasteiger partial charge in [-0.2, -0.15) is 0 Å². The molecule has 0 aromatic carbocycles. The molecule has 3 heteroatoms. The molecule has 1 N–H and O–H groups in total. The molecule has 0 radical (unpaired) electrons. The molecule has 114 valence electrons. The maximum absolute atomic E-state index is 5.55. The molecule has 1 fully saturated rings. The summed E-state index contributed by atoms with van der Waals surface area (Å²) >= 11 is 0. The zero-order valence-corrected chi connectivity index (χ0v) is 13.8. The van der Waals surface area contributed by atoms with Crippen molar-refractivity contribution in [2.45, 2.75) is 60.0 Å². The van der Waals surface area contributed by atoms with Crippen molar-refractivity contribution >= 4 is 0 Å². The van der Waals surface area contributed by atoms with Crippen molar-refractivity contribution in [1.82, 2.24) is 10.2 Å². The van der Waals surface area contributed by atoms with Crippen molar-refractivity contribution in [3.8, 4) is 0 Å². The first-order chi connectivity index (χ1) is 8.84. The second kappa shape index (κ2) is 7.61. The fourth-order valence-corrected chi connectivity index (χ4v) is 2.81. The lowest BCUT2D eigenvalue weighted by Crippen LogP contribution is -2.61. The number of nitrogens with zero attached hydrogens (tertiary/aromatic N) is 1. The molecule has 3 nitrogen and oxygen atoms in total. The van der Waals surface area contributed by atoms with Crippen molar-refractivity contribution < 1.29 is 4.74 Å². The summed E-state index contributed by atoms with van der Waals surface area (Å²) in [7, 11) is 0. The maximum atomic E-state index is 5.55. The van der Waals surface area contributed by atoms with E-state index in [4.69, 9.17) is 4.74 Å². The summed E-state index contributed by atoms with van der Waals surface area (Å²) in [6.45, 7) is 18.7. The summed E-state index contributed by atoms with van der Waals surface area (Å²) in [5.41, 5.74) is 0.326. The lowest BCUT2D eigenvalue weighted by Gasteiger charge is -2.45. The van der Waals surface area contributed by atoms with Gasteiger partial charge in [0.05, 0.1) is 6.61 Å². The molecule has 1 saturated heterocycles. The van der Waals surface area contributed by atoms with Crippen LogP contribution in [0, 0.1) is 11.3 Å². The average Bonchev–Trinajstić information content (AvgIpc) is 2.29. The second-order valence-corrected chi connectivity index (χ2v) is 7.30. The van der Waals surface area contributed by atoms with E-state index in [1.54, 1.807) is 0 Å². The molecule has 0 aliphatic carbocycles. The van der Waals surface area contributed by atoms with Crippen LogP contribution in [0.15, 0.2) is 0 Å². The fourth-order valence-electron chi connectivity index (χ4n) is 2.81. The van der Waals surface area contributed by atoms with E-state index in [-0.39, 0.29) is 0 Å². The Morgan fingerprint density at radius 2 is 2.00 bits per heavy atom. The number of piperazine rings is 1. The standard InChI is InChI=1S/C16H34N2O/c1-7-19-9-8-18-12-15(16(4,5)6)17-11-14(18)10-13(2)3/h13-15,17H,7-12H2,1-6H3. The summed E-state index contributed by atoms with van der Waals surface area (Å²) < 4.78 is 5.55. The minimum absolute atomic E-state index is 0.326. The molecule has 0 saturated carbocycles. The third kappa shape index (κ3) is 5.80. The molecule has 1 heterocycles. The Bertz CT molecular complexity index is 248. The first-order valence-corrected chi connectivity index (χ1v) is 7.89. The van der Waals surface area contributed by atoms with Crippen LogP contribution in [0.3, 0.4) is 0 Å². The molecule has 1 rings (SSSR count). The molecule has 0 bridgehead atoms. The summed E-state index contributed by atoms with van der Waals surface area (Å²) in [5, 5.41) is 3.75. The van der Waals surface area contributed by atoms with Gasteiger partial charge in [-0.1, -0.05) is 34.6 Å². The smallest absolute Gasteiger partial charge is 0.0593 e. The minimum atomic E-state index is 0.326. The van der Waals surface area contributed by atoms with Gasteiger partial charge < -0.3 is 10.1 Å². The number of rotatable bonds is 6. The van der Waals surface area contributed by atoms with E-state index in [2.05, 4.69) is 51.8 Å². The summed E-state index contributed by atoms with van der Waals surface area (Å²) in [6.07, 6.45) is 1.27. The minimum Gasteiger partial charge on any atom is -0.380 e. The normalized spacial score (nSPS) is 26.1. The zero-order chi connectivity index (χ0) is 14.5. The summed E-state index contributed by atoms with van der Waals surface area (Å²) in [6, 6.07) is 1.25. The topological polar surface area (TPSA) is 24.5 Å². The van der Waals surface area contributed by atoms with Crippen LogP contribution in [-0.2, 0) is 4.74 Å². The van der Waals surface area contributed by atoms with Crippen LogP contribution in [-0.4, -0.2) is 49.8 Å². The van der Waals surface area contributed by atoms with Crippen LogP contribution >= 0.6 is 0 Å². The molecule has 0 aromatic heterocycles. The van der Waals surface area contributed by atoms with Crippen LogP contribution in [0.25, 0.3) is 0 Å². The summed E-state index contributed by atoms with van der Waals surface area (Å²) in [4.78, 5) is 2.64. The fraction of sp³-hybridized carbons (Fsp3) is 1.00. The monoisotopic (exact) mass is 270 g/mol. The molecule has 0 amide bonds. The Morgan fingerprint density at radius 3 is 2.53 bits per heavy atom. The molecule has 1 aliphatic rings. The van der Waals surface area contributed by atoms with E-state index in [1.807, 2.05) is 0 Å². The highest BCUT2D eigenvalue weighted by Crippen LogP contribution is 2.25. The lowest BCUT2D eigenvalue weighted by molar-refractivity contribution is 0.0427. The van der Waals surface area contributed by atoms with E-state index >= 15 is 0 Å². The predicted molar refractivity (Wildman–Crippen MR) is 82.6 cm³/mol. The Kier molecular flexibility index (Phi) is 6.78. The number of nitrogens with one attached hydrogen (secondary N) is 1. The molecule has 1 aliphatic heterocycles. The maximum Gasteiger partial charge on any atom is 0.0593 e. The van der Waals surface area contributed by atoms with Gasteiger partial charge >= 0.3 is 0 Å². The number of hydrogen-bond acceptors (Lipinski definition) is 3. The van der Waals surface area contributed by atoms with Crippen LogP contribution in [0.1, 0.15) is 48.0 Å². The van der Waals surface area contributed by atoms with E-state index in [1.165, 1.54) is 6.42 Å². The summed E-state index contributed by atoms with van der Waals surface area (Å²) in [5.74, 6) is 0.757. The molecule has 19 heavy (non-hydrogen) atoms. The van der Waals surface area contributed by atoms with Crippen molar-refractivity contribution in [3.63, 3.8) is 0 Å². The highest BCUT2D eigenvalue weighted by Gasteiger charge is 2.33. The van der Waals surface area contributed by atoms with E-state index in [9.17, 15) is 0 Å². The average molecular weight is 270 g/mol. The van der Waals surface area contributed by atoms with E-state index in [0.29, 0.717) is 17.5 Å². The van der Waals surface area contributed by atoms with Crippen molar-refractivity contribution in [1.29, 1.82) is 0 Å². The van der Waals surface area contributed by atoms with Crippen molar-refractivity contribution in [2.75, 3.05) is 32.8 Å². The van der Waals surface area contributed by atoms with Gasteiger partial charge in [-0.3, -0.25) is 4.90 Å². The Hall–Kier alpha value is -0.120. The van der Waals surface area contributed by atoms with Crippen LogP contribution < -0.4 is 5.32 Å². The van der Waals surface area contributed by atoms with Gasteiger partial charge in [-0.25, -0.2) is 0 Å². The van der Waals surface area contributed by atoms with Gasteiger partial charge in [0.15, 0.2) is 0 Å². The highest BCUT2D eigenvalue weighted by atomic mass is 16.5. The van der Waals surface area contributed by atoms with Gasteiger partial charge in [-0.15, -0.1) is 0 Å². The van der Waals surface area contributed by atoms with Crippen LogP contribution in [0.5, 0.6) is 0 Å². The lowest BCUT2D eigenvalue weighted by atomic mass is 9.84. The third-order valence-electron chi connectivity index (χ3n) is 4.05. The SMILES string of the molecule is CCOCCN1CC(C(C)(C)C)NCC1CC(C)C. The largest absolute Gasteiger partial charge is 0.380 e. The molecule has 2 atom stereocenters. The van der Waals surface area contributed by atoms with Gasteiger partial charge in [-0.05, 0) is 24.7 Å². The molecule has 2 unspecified atom stereocenters. The Labute approximate surface area is 120 Å². The molecular formula is C16H34N2O. The third-order valence-corrected chi connectivity index (χ3v) is 4.05. The van der Waals surface area contributed by atoms with Gasteiger partial charge in [0, 0.05) is 38.3 Å². The first-order valence-electron chi connectivity index (χ1n) is 7.89. The van der Waals surface area contributed by atoms with E-state index < -0.39 is 0 Å². The molecule has 0 aromatic rings. The van der Waals surface area contributed by atoms with Crippen molar-refractivity contribution in [2.24, 2.45) is 11.3 Å². The Morgan fingerprint density at radius 1 is 1.32 bits per heavy atom. The van der Waals surface area contributed by atoms with E-state index in [0.717, 1.165) is 38.8 Å². The predicted octanol–water partition coefficient (Wildman–Crippen LogP) is 2.76. The van der Waals surface area contributed by atoms with Crippen LogP contribution in [0.2, 0.25) is 0 Å². The van der Waals surface area contributed by atoms with Gasteiger partial charge in [0.25, 0.3) is 0 Å². The quantitative estimate of drug-likeness (QED) is 0.751. The zero-order valence-electron chi connectivity index (χ0n) is 13.8. The van der Waals surface area contributed by atoms with Gasteiger partial charge in [0.2, 0.25) is 0 Å². The number of ether oxygens (including phenoxy) is 1. The Balaban J connectivity index is 2.57. The first kappa shape index (κ1) is 16.9. The molecular weight excluding hydrogens is 236 g/mol. The van der Waals surface area contributed by atoms with Crippen molar-refractivity contribution in [3.05, 3.63) is 0 Å². The second-order valence-electron chi connectivity index (χ2n) is 7.30. The van der Waals surface area contributed by atoms with Gasteiger partial charge in [0.1, 0.15) is 0 Å². The number of hydrogen-bond donors (Lipinski definition) is 1. The molecule has 0 spiro atoms.